The maximum atomic E-state index is 11.3. The predicted molar refractivity (Wildman–Crippen MR) is 50.3 cm³/mol. The minimum atomic E-state index is -0.365. The van der Waals surface area contributed by atoms with E-state index in [9.17, 15) is 4.79 Å². The minimum absolute atomic E-state index is 0.0152. The first kappa shape index (κ1) is 10.5. The number of amides is 1. The van der Waals surface area contributed by atoms with Gasteiger partial charge in [-0.1, -0.05) is 0 Å². The Hall–Kier alpha value is -0.610. The molecule has 0 aromatic carbocycles. The second-order valence-electron chi connectivity index (χ2n) is 3.52. The van der Waals surface area contributed by atoms with Gasteiger partial charge in [-0.2, -0.15) is 0 Å². The van der Waals surface area contributed by atoms with Crippen LogP contribution in [0.2, 0.25) is 0 Å². The molecule has 0 aromatic heterocycles. The highest BCUT2D eigenvalue weighted by molar-refractivity contribution is 5.81. The maximum absolute atomic E-state index is 11.3. The Morgan fingerprint density at radius 2 is 2.38 bits per heavy atom. The summed E-state index contributed by atoms with van der Waals surface area (Å²) in [5, 5.41) is 2.88. The van der Waals surface area contributed by atoms with Gasteiger partial charge in [0.2, 0.25) is 5.91 Å². The van der Waals surface area contributed by atoms with Crippen LogP contribution in [0.15, 0.2) is 0 Å². The highest BCUT2D eigenvalue weighted by Crippen LogP contribution is 2.18. The summed E-state index contributed by atoms with van der Waals surface area (Å²) < 4.78 is 4.88. The molecule has 0 heterocycles. The van der Waals surface area contributed by atoms with Gasteiger partial charge in [0, 0.05) is 19.8 Å². The molecule has 1 fully saturated rings. The Bertz CT molecular complexity index is 169. The van der Waals surface area contributed by atoms with Gasteiger partial charge in [0.05, 0.1) is 6.04 Å². The zero-order chi connectivity index (χ0) is 9.68. The van der Waals surface area contributed by atoms with Gasteiger partial charge in [0.25, 0.3) is 0 Å². The van der Waals surface area contributed by atoms with Crippen molar-refractivity contribution in [3.63, 3.8) is 0 Å². The fourth-order valence-corrected chi connectivity index (χ4v) is 1.11. The van der Waals surface area contributed by atoms with Crippen molar-refractivity contribution < 1.29 is 9.53 Å². The monoisotopic (exact) mass is 186 g/mol. The van der Waals surface area contributed by atoms with Gasteiger partial charge < -0.3 is 15.8 Å². The van der Waals surface area contributed by atoms with E-state index < -0.39 is 0 Å². The Morgan fingerprint density at radius 3 is 2.92 bits per heavy atom. The number of hydrogen-bond donors (Lipinski definition) is 2. The summed E-state index contributed by atoms with van der Waals surface area (Å²) in [6, 6.07) is 0.0386. The van der Waals surface area contributed by atoms with E-state index in [1.165, 1.54) is 0 Å². The number of methoxy groups -OCH3 is 1. The average Bonchev–Trinajstić information content (AvgIpc) is 2.88. The quantitative estimate of drug-likeness (QED) is 0.575. The molecule has 0 radical (unpaired) electrons. The van der Waals surface area contributed by atoms with Crippen molar-refractivity contribution in [3.8, 4) is 0 Å². The van der Waals surface area contributed by atoms with E-state index in [0.29, 0.717) is 19.1 Å². The van der Waals surface area contributed by atoms with Crippen molar-refractivity contribution in [2.45, 2.75) is 37.8 Å². The number of carbonyl (C=O) groups is 1. The second kappa shape index (κ2) is 5.19. The number of nitrogens with one attached hydrogen (secondary N) is 1. The molecule has 3 N–H and O–H groups in total. The molecular weight excluding hydrogens is 168 g/mol. The summed E-state index contributed by atoms with van der Waals surface area (Å²) in [6.07, 6.45) is 3.76. The average molecular weight is 186 g/mol. The van der Waals surface area contributed by atoms with Gasteiger partial charge in [-0.25, -0.2) is 0 Å². The molecule has 1 aliphatic rings. The van der Waals surface area contributed by atoms with Crippen molar-refractivity contribution in [1.82, 2.24) is 5.32 Å². The van der Waals surface area contributed by atoms with Crippen molar-refractivity contribution in [2.75, 3.05) is 13.7 Å². The fraction of sp³-hybridized carbons (Fsp3) is 0.889. The normalized spacial score (nSPS) is 18.3. The van der Waals surface area contributed by atoms with Gasteiger partial charge in [-0.05, 0) is 25.7 Å². The molecule has 0 saturated heterocycles. The van der Waals surface area contributed by atoms with E-state index in [1.54, 1.807) is 7.11 Å². The predicted octanol–water partition coefficient (Wildman–Crippen LogP) is 0.0189. The number of rotatable bonds is 6. The molecular formula is C9H18N2O2. The number of hydrogen-bond acceptors (Lipinski definition) is 3. The van der Waals surface area contributed by atoms with Crippen LogP contribution < -0.4 is 11.1 Å². The summed E-state index contributed by atoms with van der Waals surface area (Å²) in [5.74, 6) is -0.0152. The lowest BCUT2D eigenvalue weighted by molar-refractivity contribution is -0.122. The van der Waals surface area contributed by atoms with E-state index in [2.05, 4.69) is 5.32 Å². The third-order valence-corrected chi connectivity index (χ3v) is 2.12. The van der Waals surface area contributed by atoms with Gasteiger partial charge in [0.1, 0.15) is 0 Å². The summed E-state index contributed by atoms with van der Waals surface area (Å²) in [5.41, 5.74) is 5.67. The van der Waals surface area contributed by atoms with E-state index in [-0.39, 0.29) is 11.9 Å². The molecule has 76 valence electrons. The third kappa shape index (κ3) is 4.24. The van der Waals surface area contributed by atoms with Crippen LogP contribution in [0.5, 0.6) is 0 Å². The Balaban J connectivity index is 2.05. The Labute approximate surface area is 78.8 Å². The van der Waals surface area contributed by atoms with Crippen molar-refractivity contribution in [2.24, 2.45) is 5.73 Å². The van der Waals surface area contributed by atoms with E-state index in [0.717, 1.165) is 19.3 Å². The van der Waals surface area contributed by atoms with Crippen molar-refractivity contribution in [3.05, 3.63) is 0 Å². The van der Waals surface area contributed by atoms with Crippen LogP contribution in [-0.4, -0.2) is 31.7 Å². The highest BCUT2D eigenvalue weighted by Gasteiger charge is 2.25. The first-order valence-electron chi connectivity index (χ1n) is 4.79. The standard InChI is InChI=1S/C9H18N2O2/c1-13-6-2-3-8(10)9(12)11-7-4-5-7/h7-8H,2-6,10H2,1H3,(H,11,12). The van der Waals surface area contributed by atoms with E-state index in [4.69, 9.17) is 10.5 Å². The van der Waals surface area contributed by atoms with E-state index in [1.807, 2.05) is 0 Å². The molecule has 1 atom stereocenters. The molecule has 0 aromatic rings. The first-order valence-corrected chi connectivity index (χ1v) is 4.79. The summed E-state index contributed by atoms with van der Waals surface area (Å²) in [7, 11) is 1.65. The molecule has 1 amide bonds. The van der Waals surface area contributed by atoms with Gasteiger partial charge in [-0.15, -0.1) is 0 Å². The molecule has 0 spiro atoms. The molecule has 1 saturated carbocycles. The molecule has 13 heavy (non-hydrogen) atoms. The summed E-state index contributed by atoms with van der Waals surface area (Å²) >= 11 is 0. The van der Waals surface area contributed by atoms with Gasteiger partial charge in [-0.3, -0.25) is 4.79 Å². The Morgan fingerprint density at radius 1 is 1.69 bits per heavy atom. The first-order chi connectivity index (χ1) is 6.24. The topological polar surface area (TPSA) is 64.3 Å². The molecule has 1 rings (SSSR count). The van der Waals surface area contributed by atoms with E-state index >= 15 is 0 Å². The fourth-order valence-electron chi connectivity index (χ4n) is 1.11. The lowest BCUT2D eigenvalue weighted by atomic mass is 10.1. The van der Waals surface area contributed by atoms with Crippen molar-refractivity contribution in [1.29, 1.82) is 0 Å². The lowest BCUT2D eigenvalue weighted by Gasteiger charge is -2.10. The van der Waals surface area contributed by atoms with Crippen LogP contribution in [0.1, 0.15) is 25.7 Å². The maximum Gasteiger partial charge on any atom is 0.237 e. The van der Waals surface area contributed by atoms with Crippen molar-refractivity contribution >= 4 is 5.91 Å². The SMILES string of the molecule is COCCCC(N)C(=O)NC1CC1. The van der Waals surface area contributed by atoms with Crippen LogP contribution in [0.4, 0.5) is 0 Å². The Kier molecular flexibility index (Phi) is 4.18. The van der Waals surface area contributed by atoms with Crippen LogP contribution in [-0.2, 0) is 9.53 Å². The van der Waals surface area contributed by atoms with Crippen LogP contribution in [0, 0.1) is 0 Å². The van der Waals surface area contributed by atoms with Crippen LogP contribution >= 0.6 is 0 Å². The molecule has 1 aliphatic carbocycles. The zero-order valence-corrected chi connectivity index (χ0v) is 8.08. The van der Waals surface area contributed by atoms with Crippen LogP contribution in [0.25, 0.3) is 0 Å². The smallest absolute Gasteiger partial charge is 0.237 e. The second-order valence-corrected chi connectivity index (χ2v) is 3.52. The largest absolute Gasteiger partial charge is 0.385 e. The molecule has 4 nitrogen and oxygen atoms in total. The van der Waals surface area contributed by atoms with Gasteiger partial charge in [0.15, 0.2) is 0 Å². The van der Waals surface area contributed by atoms with Crippen LogP contribution in [0.3, 0.4) is 0 Å². The lowest BCUT2D eigenvalue weighted by Crippen LogP contribution is -2.41. The number of nitrogens with two attached hydrogens (primary N) is 1. The van der Waals surface area contributed by atoms with Gasteiger partial charge >= 0.3 is 0 Å². The summed E-state index contributed by atoms with van der Waals surface area (Å²) in [6.45, 7) is 0.671. The highest BCUT2D eigenvalue weighted by atomic mass is 16.5. The summed E-state index contributed by atoms with van der Waals surface area (Å²) in [4.78, 5) is 11.3. The molecule has 4 heteroatoms. The zero-order valence-electron chi connectivity index (χ0n) is 8.08. The molecule has 0 aliphatic heterocycles. The third-order valence-electron chi connectivity index (χ3n) is 2.12. The number of carbonyl (C=O) groups excluding carboxylic acids is 1. The molecule has 0 bridgehead atoms. The number of ether oxygens (including phenoxy) is 1. The minimum Gasteiger partial charge on any atom is -0.385 e. The molecule has 1 unspecified atom stereocenters.